The number of benzene rings is 1. The molecule has 8 nitrogen and oxygen atoms in total. The Hall–Kier alpha value is -3.05. The normalized spacial score (nSPS) is 12.0. The average molecular weight is 418 g/mol. The summed E-state index contributed by atoms with van der Waals surface area (Å²) >= 11 is 0. The number of phenolic OH excluding ortho intramolecular Hbond substituents is 1. The lowest BCUT2D eigenvalue weighted by Gasteiger charge is -2.30. The van der Waals surface area contributed by atoms with Crippen molar-refractivity contribution in [2.75, 3.05) is 26.0 Å². The zero-order valence-corrected chi connectivity index (χ0v) is 19.3. The Labute approximate surface area is 179 Å². The molecule has 0 spiro atoms. The number of nitrogens with one attached hydrogen (secondary N) is 1. The van der Waals surface area contributed by atoms with Gasteiger partial charge in [-0.3, -0.25) is 9.59 Å². The van der Waals surface area contributed by atoms with Crippen molar-refractivity contribution < 1.29 is 14.7 Å². The first-order valence-corrected chi connectivity index (χ1v) is 10.1. The molecule has 0 heterocycles. The van der Waals surface area contributed by atoms with E-state index in [2.05, 4.69) is 26.1 Å². The minimum absolute atomic E-state index is 0.0180. The Morgan fingerprint density at radius 1 is 1.30 bits per heavy atom. The molecule has 0 bridgehead atoms. The smallest absolute Gasteiger partial charge is 0.257 e. The molecule has 0 fully saturated rings. The zero-order chi connectivity index (χ0) is 23.6. The molecular formula is C22H35N5O3. The van der Waals surface area contributed by atoms with Crippen molar-refractivity contribution in [3.05, 3.63) is 34.7 Å². The van der Waals surface area contributed by atoms with Crippen LogP contribution in [0, 0.1) is 17.2 Å². The molecule has 0 radical (unpaired) electrons. The Balaban J connectivity index is 0.00000125. The monoisotopic (exact) mass is 417 g/mol. The van der Waals surface area contributed by atoms with Gasteiger partial charge in [0.2, 0.25) is 0 Å². The maximum Gasteiger partial charge on any atom is 0.257 e. The number of carbonyl (C=O) groups is 2. The molecule has 8 heteroatoms. The van der Waals surface area contributed by atoms with Crippen LogP contribution in [0.4, 0.5) is 5.69 Å². The number of carbonyl (C=O) groups excluding carboxylic acids is 2. The van der Waals surface area contributed by atoms with Gasteiger partial charge in [-0.1, -0.05) is 34.6 Å². The summed E-state index contributed by atoms with van der Waals surface area (Å²) in [5.41, 5.74) is 1.16. The van der Waals surface area contributed by atoms with Gasteiger partial charge in [-0.25, -0.2) is 5.84 Å². The molecule has 2 rings (SSSR count). The number of amides is 1. The van der Waals surface area contributed by atoms with E-state index >= 15 is 0 Å². The number of nitrogens with zero attached hydrogens (tertiary/aromatic N) is 3. The Morgan fingerprint density at radius 3 is 2.23 bits per heavy atom. The number of allylic oxidation sites excluding steroid dienone is 2. The molecule has 166 valence electrons. The quantitative estimate of drug-likeness (QED) is 0.381. The lowest BCUT2D eigenvalue weighted by Crippen LogP contribution is -2.39. The molecule has 30 heavy (non-hydrogen) atoms. The van der Waals surface area contributed by atoms with E-state index in [1.54, 1.807) is 0 Å². The molecule has 0 atom stereocenters. The molecule has 1 aromatic rings. The van der Waals surface area contributed by atoms with Crippen LogP contribution in [0.5, 0.6) is 5.75 Å². The number of phenols is 1. The summed E-state index contributed by atoms with van der Waals surface area (Å²) in [6.45, 7) is 12.9. The molecule has 0 aromatic heterocycles. The molecule has 1 aliphatic carbocycles. The number of ketones is 1. The number of Topliss-reactive ketones (excluding diaryl/α,β-unsaturated/α-hetero) is 1. The molecule has 0 unspecified atom stereocenters. The fraction of sp³-hybridized carbons (Fsp3) is 0.500. The number of anilines is 1. The molecule has 0 aliphatic heterocycles. The highest BCUT2D eigenvalue weighted by Gasteiger charge is 2.31. The van der Waals surface area contributed by atoms with Crippen molar-refractivity contribution in [3.8, 4) is 11.8 Å². The second-order valence-electron chi connectivity index (χ2n) is 7.30. The van der Waals surface area contributed by atoms with Crippen LogP contribution in [0.1, 0.15) is 63.9 Å². The first kappa shape index (κ1) is 27.0. The topological polar surface area (TPSA) is 123 Å². The third kappa shape index (κ3) is 7.08. The summed E-state index contributed by atoms with van der Waals surface area (Å²) in [5, 5.41) is 23.7. The number of hydrogen-bond donors (Lipinski definition) is 3. The van der Waals surface area contributed by atoms with Crippen LogP contribution in [-0.2, 0) is 4.79 Å². The molecule has 1 aromatic carbocycles. The van der Waals surface area contributed by atoms with E-state index in [9.17, 15) is 14.7 Å². The van der Waals surface area contributed by atoms with Crippen LogP contribution in [0.3, 0.4) is 0 Å². The first-order chi connectivity index (χ1) is 14.0. The van der Waals surface area contributed by atoms with Crippen molar-refractivity contribution in [2.24, 2.45) is 11.8 Å². The van der Waals surface area contributed by atoms with E-state index < -0.39 is 5.91 Å². The van der Waals surface area contributed by atoms with Crippen LogP contribution in [0.2, 0.25) is 0 Å². The minimum Gasteiger partial charge on any atom is -0.505 e. The van der Waals surface area contributed by atoms with Gasteiger partial charge in [-0.15, -0.1) is 0 Å². The zero-order valence-electron chi connectivity index (χ0n) is 19.3. The van der Waals surface area contributed by atoms with Crippen LogP contribution in [0.15, 0.2) is 23.5 Å². The van der Waals surface area contributed by atoms with Gasteiger partial charge in [0, 0.05) is 20.6 Å². The highest BCUT2D eigenvalue weighted by Crippen LogP contribution is 2.34. The summed E-state index contributed by atoms with van der Waals surface area (Å²) in [6.07, 6.45) is 0.203. The van der Waals surface area contributed by atoms with Gasteiger partial charge in [0.15, 0.2) is 11.5 Å². The Kier molecular flexibility index (Phi) is 11.2. The van der Waals surface area contributed by atoms with Gasteiger partial charge in [0.1, 0.15) is 5.70 Å². The van der Waals surface area contributed by atoms with E-state index in [4.69, 9.17) is 11.1 Å². The lowest BCUT2D eigenvalue weighted by molar-refractivity contribution is -0.117. The summed E-state index contributed by atoms with van der Waals surface area (Å²) < 4.78 is 0. The predicted molar refractivity (Wildman–Crippen MR) is 120 cm³/mol. The molecule has 4 N–H and O–H groups in total. The minimum atomic E-state index is -0.448. The van der Waals surface area contributed by atoms with Crippen LogP contribution < -0.4 is 11.2 Å². The predicted octanol–water partition coefficient (Wildman–Crippen LogP) is 3.45. The van der Waals surface area contributed by atoms with E-state index in [1.807, 2.05) is 26.8 Å². The van der Waals surface area contributed by atoms with Crippen molar-refractivity contribution in [1.82, 2.24) is 9.91 Å². The highest BCUT2D eigenvalue weighted by molar-refractivity contribution is 6.07. The van der Waals surface area contributed by atoms with E-state index in [1.165, 1.54) is 36.1 Å². The van der Waals surface area contributed by atoms with Crippen LogP contribution in [0.25, 0.3) is 0 Å². The standard InChI is InChI=1S/C16H19N5O3.C4H10.C2H6/c1-4-21(18)12-7-13(22)14(12)19-11-6-9(8-17)5-10(15(11)23)16(24)20(2)3;1-4(2)3;1-2/h5-6,19,23H,4,7,18H2,1-3H3;4H,1-3H3;1-2H3. The summed E-state index contributed by atoms with van der Waals surface area (Å²) in [6, 6.07) is 4.62. The molecule has 1 aliphatic rings. The number of rotatable bonds is 5. The Morgan fingerprint density at radius 2 is 1.83 bits per heavy atom. The second-order valence-corrected chi connectivity index (χ2v) is 7.30. The number of hydrazine groups is 1. The number of hydrogen-bond acceptors (Lipinski definition) is 7. The summed E-state index contributed by atoms with van der Waals surface area (Å²) in [5.74, 6) is 5.71. The fourth-order valence-corrected chi connectivity index (χ4v) is 2.29. The van der Waals surface area contributed by atoms with Gasteiger partial charge >= 0.3 is 0 Å². The van der Waals surface area contributed by atoms with Gasteiger partial charge in [-0.2, -0.15) is 5.26 Å². The van der Waals surface area contributed by atoms with Crippen molar-refractivity contribution >= 4 is 17.4 Å². The first-order valence-electron chi connectivity index (χ1n) is 10.1. The Bertz CT molecular complexity index is 820. The number of nitriles is 1. The lowest BCUT2D eigenvalue weighted by atomic mass is 9.97. The van der Waals surface area contributed by atoms with Crippen molar-refractivity contribution in [2.45, 2.75) is 48.0 Å². The molecule has 0 saturated heterocycles. The molecular weight excluding hydrogens is 382 g/mol. The summed E-state index contributed by atoms with van der Waals surface area (Å²) in [7, 11) is 3.08. The third-order valence-electron chi connectivity index (χ3n) is 3.72. The van der Waals surface area contributed by atoms with E-state index in [0.29, 0.717) is 12.2 Å². The fourth-order valence-electron chi connectivity index (χ4n) is 2.29. The maximum absolute atomic E-state index is 12.2. The van der Waals surface area contributed by atoms with Crippen LogP contribution >= 0.6 is 0 Å². The largest absolute Gasteiger partial charge is 0.505 e. The van der Waals surface area contributed by atoms with Gasteiger partial charge in [0.05, 0.1) is 35.0 Å². The van der Waals surface area contributed by atoms with Crippen LogP contribution in [-0.4, -0.2) is 47.3 Å². The van der Waals surface area contributed by atoms with E-state index in [-0.39, 0.29) is 40.5 Å². The SMILES string of the molecule is CC.CC(C)C.CCN(N)C1=C(Nc2cc(C#N)cc(C(=O)N(C)C)c2O)C(=O)C1. The number of aromatic hydroxyl groups is 1. The van der Waals surface area contributed by atoms with Gasteiger partial charge in [0.25, 0.3) is 5.91 Å². The molecule has 1 amide bonds. The highest BCUT2D eigenvalue weighted by atomic mass is 16.3. The maximum atomic E-state index is 12.2. The number of nitrogens with two attached hydrogens (primary N) is 1. The van der Waals surface area contributed by atoms with Crippen molar-refractivity contribution in [1.29, 1.82) is 5.26 Å². The summed E-state index contributed by atoms with van der Waals surface area (Å²) in [4.78, 5) is 25.3. The average Bonchev–Trinajstić information content (AvgIpc) is 2.70. The van der Waals surface area contributed by atoms with Gasteiger partial charge < -0.3 is 20.3 Å². The van der Waals surface area contributed by atoms with Gasteiger partial charge in [-0.05, 0) is 25.0 Å². The third-order valence-corrected chi connectivity index (χ3v) is 3.72. The molecule has 0 saturated carbocycles. The van der Waals surface area contributed by atoms with Crippen molar-refractivity contribution in [3.63, 3.8) is 0 Å². The van der Waals surface area contributed by atoms with E-state index in [0.717, 1.165) is 5.92 Å². The second kappa shape index (κ2) is 12.5.